The van der Waals surface area contributed by atoms with Crippen LogP contribution in [0.2, 0.25) is 0 Å². The number of likely N-dealkylation sites (tertiary alicyclic amines) is 1. The quantitative estimate of drug-likeness (QED) is 0.754. The number of aliphatic hydroxyl groups is 1. The lowest BCUT2D eigenvalue weighted by Crippen LogP contribution is -2.43. The second kappa shape index (κ2) is 8.70. The largest absolute Gasteiger partial charge is 0.390 e. The lowest BCUT2D eigenvalue weighted by molar-refractivity contribution is -0.130. The Labute approximate surface area is 157 Å². The molecule has 3 rings (SSSR count). The third-order valence-corrected chi connectivity index (χ3v) is 6.39. The number of hydrogen-bond donors (Lipinski definition) is 2. The fraction of sp³-hybridized carbons (Fsp3) is 0.895. The van der Waals surface area contributed by atoms with Gasteiger partial charge in [0.1, 0.15) is 6.04 Å². The van der Waals surface area contributed by atoms with Crippen LogP contribution in [0.5, 0.6) is 0 Å². The summed E-state index contributed by atoms with van der Waals surface area (Å²) in [5.41, 5.74) is -0.429. The molecule has 5 nitrogen and oxygen atoms in total. The molecule has 25 heavy (non-hydrogen) atoms. The van der Waals surface area contributed by atoms with Gasteiger partial charge < -0.3 is 15.3 Å². The number of amides is 1. The average molecular weight is 370 g/mol. The number of hydrogen-bond acceptors (Lipinski definition) is 4. The first kappa shape index (κ1) is 20.5. The summed E-state index contributed by atoms with van der Waals surface area (Å²) in [6.07, 6.45) is 8.98. The fourth-order valence-electron chi connectivity index (χ4n) is 5.18. The number of nitriles is 1. The van der Waals surface area contributed by atoms with Gasteiger partial charge in [0, 0.05) is 12.6 Å². The number of rotatable bonds is 6. The van der Waals surface area contributed by atoms with Gasteiger partial charge in [0.25, 0.3) is 0 Å². The zero-order valence-corrected chi connectivity index (χ0v) is 16.1. The van der Waals surface area contributed by atoms with Crippen molar-refractivity contribution in [2.45, 2.75) is 82.4 Å². The van der Waals surface area contributed by atoms with Gasteiger partial charge in [-0.3, -0.25) is 4.79 Å². The molecule has 3 atom stereocenters. The van der Waals surface area contributed by atoms with Crippen molar-refractivity contribution < 1.29 is 9.90 Å². The number of halogens is 1. The summed E-state index contributed by atoms with van der Waals surface area (Å²) in [7, 11) is 0. The van der Waals surface area contributed by atoms with E-state index in [9.17, 15) is 9.90 Å². The second-order valence-corrected chi connectivity index (χ2v) is 8.18. The molecule has 6 heteroatoms. The molecule has 0 radical (unpaired) electrons. The van der Waals surface area contributed by atoms with Crippen LogP contribution >= 0.6 is 12.4 Å². The zero-order chi connectivity index (χ0) is 17.2. The molecule has 1 saturated heterocycles. The number of unbranched alkanes of at least 4 members (excludes halogenated alkanes) is 1. The highest BCUT2D eigenvalue weighted by atomic mass is 35.5. The normalized spacial score (nSPS) is 36.8. The molecular formula is C19H32ClN3O2. The van der Waals surface area contributed by atoms with E-state index in [1.165, 1.54) is 0 Å². The van der Waals surface area contributed by atoms with Crippen molar-refractivity contribution in [1.29, 1.82) is 5.26 Å². The van der Waals surface area contributed by atoms with Gasteiger partial charge >= 0.3 is 0 Å². The van der Waals surface area contributed by atoms with Crippen LogP contribution in [-0.2, 0) is 4.79 Å². The predicted octanol–water partition coefficient (Wildman–Crippen LogP) is 2.62. The van der Waals surface area contributed by atoms with E-state index in [4.69, 9.17) is 5.26 Å². The zero-order valence-electron chi connectivity index (χ0n) is 15.2. The van der Waals surface area contributed by atoms with E-state index >= 15 is 0 Å². The Hall–Kier alpha value is -0.830. The van der Waals surface area contributed by atoms with Crippen molar-refractivity contribution >= 4 is 18.3 Å². The van der Waals surface area contributed by atoms with Crippen molar-refractivity contribution in [2.75, 3.05) is 13.1 Å². The van der Waals surface area contributed by atoms with Gasteiger partial charge in [-0.25, -0.2) is 0 Å². The van der Waals surface area contributed by atoms with Crippen LogP contribution in [0.15, 0.2) is 0 Å². The lowest BCUT2D eigenvalue weighted by atomic mass is 9.91. The Bertz CT molecular complexity index is 493. The van der Waals surface area contributed by atoms with Crippen LogP contribution in [0.25, 0.3) is 0 Å². The molecule has 0 spiro atoms. The summed E-state index contributed by atoms with van der Waals surface area (Å²) < 4.78 is 0. The van der Waals surface area contributed by atoms with Crippen LogP contribution in [-0.4, -0.2) is 46.7 Å². The Morgan fingerprint density at radius 1 is 1.36 bits per heavy atom. The number of carbonyl (C=O) groups excluding carboxylic acids is 1. The second-order valence-electron chi connectivity index (χ2n) is 8.18. The highest BCUT2D eigenvalue weighted by molar-refractivity contribution is 5.85. The summed E-state index contributed by atoms with van der Waals surface area (Å²) in [4.78, 5) is 14.0. The number of fused-ring (bicyclic) bond motifs is 1. The van der Waals surface area contributed by atoms with E-state index in [-0.39, 0.29) is 24.4 Å². The Kier molecular flexibility index (Phi) is 7.13. The minimum absolute atomic E-state index is 0. The van der Waals surface area contributed by atoms with Crippen molar-refractivity contribution in [1.82, 2.24) is 10.2 Å². The maximum absolute atomic E-state index is 12.3. The van der Waals surface area contributed by atoms with Gasteiger partial charge in [-0.2, -0.15) is 5.26 Å². The topological polar surface area (TPSA) is 76.4 Å². The average Bonchev–Trinajstić information content (AvgIpc) is 3.23. The molecule has 2 aliphatic carbocycles. The summed E-state index contributed by atoms with van der Waals surface area (Å²) in [5, 5.41) is 23.2. The Morgan fingerprint density at radius 2 is 2.04 bits per heavy atom. The van der Waals surface area contributed by atoms with E-state index in [1.807, 2.05) is 0 Å². The van der Waals surface area contributed by atoms with Crippen LogP contribution < -0.4 is 5.32 Å². The van der Waals surface area contributed by atoms with Crippen LogP contribution in [0.4, 0.5) is 0 Å². The van der Waals surface area contributed by atoms with E-state index in [2.05, 4.69) is 18.3 Å². The molecule has 0 bridgehead atoms. The maximum Gasteiger partial charge on any atom is 0.237 e. The molecular weight excluding hydrogens is 338 g/mol. The molecule has 1 aliphatic heterocycles. The molecule has 0 aromatic rings. The van der Waals surface area contributed by atoms with Gasteiger partial charge in [0.05, 0.1) is 18.2 Å². The molecule has 2 N–H and O–H groups in total. The van der Waals surface area contributed by atoms with Crippen LogP contribution in [0.3, 0.4) is 0 Å². The standard InChI is InChI=1S/C19H31N3O2.ClH/c1-2-3-6-19(24)10-14-8-16(9-15(14)11-19)21-13-18(23)22-7-4-5-17(22)12-20;/h14-17,21,24H,2-11,13H2,1H3;1H. The van der Waals surface area contributed by atoms with Crippen LogP contribution in [0.1, 0.15) is 64.7 Å². The van der Waals surface area contributed by atoms with E-state index in [0.717, 1.165) is 64.3 Å². The van der Waals surface area contributed by atoms with Gasteiger partial charge in [0.2, 0.25) is 5.91 Å². The molecule has 3 unspecified atom stereocenters. The van der Waals surface area contributed by atoms with Crippen molar-refractivity contribution in [3.05, 3.63) is 0 Å². The minimum atomic E-state index is -0.429. The summed E-state index contributed by atoms with van der Waals surface area (Å²) in [5.74, 6) is 1.28. The van der Waals surface area contributed by atoms with Crippen molar-refractivity contribution in [3.63, 3.8) is 0 Å². The van der Waals surface area contributed by atoms with E-state index in [1.54, 1.807) is 4.90 Å². The fourth-order valence-corrected chi connectivity index (χ4v) is 5.18. The van der Waals surface area contributed by atoms with Gasteiger partial charge in [-0.1, -0.05) is 19.8 Å². The number of carbonyl (C=O) groups is 1. The smallest absolute Gasteiger partial charge is 0.237 e. The molecule has 3 aliphatic rings. The summed E-state index contributed by atoms with van der Waals surface area (Å²) in [6.45, 7) is 3.24. The first-order valence-electron chi connectivity index (χ1n) is 9.69. The van der Waals surface area contributed by atoms with E-state index in [0.29, 0.717) is 24.4 Å². The Morgan fingerprint density at radius 3 is 2.64 bits per heavy atom. The van der Waals surface area contributed by atoms with Crippen molar-refractivity contribution in [3.8, 4) is 6.07 Å². The monoisotopic (exact) mass is 369 g/mol. The summed E-state index contributed by atoms with van der Waals surface area (Å²) in [6, 6.07) is 2.40. The molecule has 0 aromatic carbocycles. The molecule has 2 saturated carbocycles. The van der Waals surface area contributed by atoms with Crippen LogP contribution in [0, 0.1) is 23.2 Å². The third kappa shape index (κ3) is 4.67. The third-order valence-electron chi connectivity index (χ3n) is 6.39. The Balaban J connectivity index is 0.00000225. The molecule has 0 aromatic heterocycles. The van der Waals surface area contributed by atoms with Gasteiger partial charge in [0.15, 0.2) is 0 Å². The molecule has 142 valence electrons. The first-order valence-corrected chi connectivity index (χ1v) is 9.69. The first-order chi connectivity index (χ1) is 11.5. The number of nitrogens with one attached hydrogen (secondary N) is 1. The SMILES string of the molecule is CCCCC1(O)CC2CC(NCC(=O)N3CCCC3C#N)CC2C1.Cl. The van der Waals surface area contributed by atoms with Gasteiger partial charge in [-0.15, -0.1) is 12.4 Å². The maximum atomic E-state index is 12.3. The highest BCUT2D eigenvalue weighted by Gasteiger charge is 2.48. The summed E-state index contributed by atoms with van der Waals surface area (Å²) >= 11 is 0. The molecule has 1 amide bonds. The predicted molar refractivity (Wildman–Crippen MR) is 99.3 cm³/mol. The van der Waals surface area contributed by atoms with Gasteiger partial charge in [-0.05, 0) is 56.8 Å². The minimum Gasteiger partial charge on any atom is -0.390 e. The molecule has 3 fully saturated rings. The lowest BCUT2D eigenvalue weighted by Gasteiger charge is -2.25. The molecule has 1 heterocycles. The van der Waals surface area contributed by atoms with Crippen molar-refractivity contribution in [2.24, 2.45) is 11.8 Å². The van der Waals surface area contributed by atoms with E-state index < -0.39 is 5.60 Å². The number of nitrogens with zero attached hydrogens (tertiary/aromatic N) is 2. The highest BCUT2D eigenvalue weighted by Crippen LogP contribution is 2.50.